The highest BCUT2D eigenvalue weighted by Gasteiger charge is 2.15. The summed E-state index contributed by atoms with van der Waals surface area (Å²) >= 11 is 0. The van der Waals surface area contributed by atoms with E-state index < -0.39 is 24.5 Å². The quantitative estimate of drug-likeness (QED) is 0.718. The molecule has 0 saturated carbocycles. The van der Waals surface area contributed by atoms with Crippen LogP contribution in [0.1, 0.15) is 33.2 Å². The van der Waals surface area contributed by atoms with Crippen LogP contribution in [0.3, 0.4) is 0 Å². The third kappa shape index (κ3) is 5.93. The molecule has 0 spiro atoms. The Balaban J connectivity index is 1.93. The van der Waals surface area contributed by atoms with Crippen molar-refractivity contribution in [3.05, 3.63) is 65.2 Å². The van der Waals surface area contributed by atoms with Gasteiger partial charge in [0, 0.05) is 7.11 Å². The van der Waals surface area contributed by atoms with Gasteiger partial charge in [0.15, 0.2) is 6.61 Å². The molecule has 27 heavy (non-hydrogen) atoms. The van der Waals surface area contributed by atoms with E-state index in [4.69, 9.17) is 14.2 Å². The van der Waals surface area contributed by atoms with Crippen molar-refractivity contribution in [2.75, 3.05) is 25.6 Å². The molecular weight excluding hydrogens is 350 g/mol. The van der Waals surface area contributed by atoms with Gasteiger partial charge in [0.1, 0.15) is 0 Å². The molecule has 0 unspecified atom stereocenters. The molecule has 0 heterocycles. The number of rotatable bonds is 8. The van der Waals surface area contributed by atoms with Crippen molar-refractivity contribution in [1.82, 2.24) is 0 Å². The van der Waals surface area contributed by atoms with Crippen LogP contribution >= 0.6 is 0 Å². The number of anilines is 1. The van der Waals surface area contributed by atoms with Crippen molar-refractivity contribution < 1.29 is 28.6 Å². The average molecular weight is 371 g/mol. The van der Waals surface area contributed by atoms with E-state index in [1.807, 2.05) is 0 Å². The van der Waals surface area contributed by atoms with Crippen molar-refractivity contribution in [1.29, 1.82) is 0 Å². The maximum atomic E-state index is 12.1. The smallest absolute Gasteiger partial charge is 0.340 e. The second-order valence-corrected chi connectivity index (χ2v) is 5.52. The molecule has 2 rings (SSSR count). The number of nitrogens with one attached hydrogen (secondary N) is 1. The average Bonchev–Trinajstić information content (AvgIpc) is 2.67. The largest absolute Gasteiger partial charge is 0.462 e. The van der Waals surface area contributed by atoms with Gasteiger partial charge >= 0.3 is 11.9 Å². The topological polar surface area (TPSA) is 90.9 Å². The molecule has 7 heteroatoms. The molecule has 7 nitrogen and oxygen atoms in total. The molecule has 2 aromatic rings. The Hall–Kier alpha value is -3.19. The molecule has 0 aromatic heterocycles. The molecule has 0 atom stereocenters. The Morgan fingerprint density at radius 2 is 1.63 bits per heavy atom. The van der Waals surface area contributed by atoms with Crippen molar-refractivity contribution in [3.8, 4) is 0 Å². The fourth-order valence-corrected chi connectivity index (χ4v) is 2.28. The highest BCUT2D eigenvalue weighted by molar-refractivity contribution is 6.02. The zero-order chi connectivity index (χ0) is 19.6. The lowest BCUT2D eigenvalue weighted by atomic mass is 10.1. The molecule has 0 aliphatic carbocycles. The van der Waals surface area contributed by atoms with E-state index in [-0.39, 0.29) is 12.2 Å². The van der Waals surface area contributed by atoms with E-state index in [2.05, 4.69) is 5.32 Å². The number of amides is 1. The number of hydrogen-bond acceptors (Lipinski definition) is 6. The monoisotopic (exact) mass is 371 g/mol. The number of esters is 2. The van der Waals surface area contributed by atoms with Gasteiger partial charge in [-0.3, -0.25) is 4.79 Å². The Morgan fingerprint density at radius 3 is 2.30 bits per heavy atom. The lowest BCUT2D eigenvalue weighted by molar-refractivity contribution is -0.119. The van der Waals surface area contributed by atoms with E-state index >= 15 is 0 Å². The number of carbonyl (C=O) groups excluding carboxylic acids is 3. The van der Waals surface area contributed by atoms with Crippen molar-refractivity contribution in [2.45, 2.75) is 13.5 Å². The molecule has 1 amide bonds. The van der Waals surface area contributed by atoms with Crippen LogP contribution in [0, 0.1) is 0 Å². The zero-order valence-corrected chi connectivity index (χ0v) is 15.2. The predicted molar refractivity (Wildman–Crippen MR) is 98.5 cm³/mol. The van der Waals surface area contributed by atoms with Gasteiger partial charge in [0.05, 0.1) is 30.0 Å². The molecule has 1 N–H and O–H groups in total. The fraction of sp³-hybridized carbons (Fsp3) is 0.250. The number of benzene rings is 2. The van der Waals surface area contributed by atoms with E-state index in [9.17, 15) is 14.4 Å². The first-order valence-corrected chi connectivity index (χ1v) is 8.36. The number of ether oxygens (including phenoxy) is 3. The van der Waals surface area contributed by atoms with Crippen LogP contribution in [-0.4, -0.2) is 38.2 Å². The first kappa shape index (κ1) is 20.1. The number of carbonyl (C=O) groups is 3. The third-order valence-electron chi connectivity index (χ3n) is 3.53. The van der Waals surface area contributed by atoms with E-state index in [1.54, 1.807) is 62.6 Å². The van der Waals surface area contributed by atoms with Crippen LogP contribution in [-0.2, 0) is 25.6 Å². The first-order valence-electron chi connectivity index (χ1n) is 8.36. The van der Waals surface area contributed by atoms with Gasteiger partial charge in [-0.15, -0.1) is 0 Å². The molecule has 0 aliphatic heterocycles. The SMILES string of the molecule is CCOC(=O)c1ccccc1NC(=O)COC(=O)c1ccc(COC)cc1. The Bertz CT molecular complexity index is 800. The molecule has 0 aliphatic rings. The Kier molecular flexibility index (Phi) is 7.51. The van der Waals surface area contributed by atoms with Gasteiger partial charge in [-0.2, -0.15) is 0 Å². The summed E-state index contributed by atoms with van der Waals surface area (Å²) in [4.78, 5) is 36.0. The standard InChI is InChI=1S/C20H21NO6/c1-3-26-20(24)16-6-4-5-7-17(16)21-18(22)13-27-19(23)15-10-8-14(9-11-15)12-25-2/h4-11H,3,12-13H2,1-2H3,(H,21,22). The van der Waals surface area contributed by atoms with E-state index in [1.165, 1.54) is 0 Å². The summed E-state index contributed by atoms with van der Waals surface area (Å²) in [6.07, 6.45) is 0. The van der Waals surface area contributed by atoms with Crippen LogP contribution in [0.25, 0.3) is 0 Å². The molecule has 0 fully saturated rings. The van der Waals surface area contributed by atoms with Crippen molar-refractivity contribution in [2.24, 2.45) is 0 Å². The normalized spacial score (nSPS) is 10.1. The molecule has 0 radical (unpaired) electrons. The third-order valence-corrected chi connectivity index (χ3v) is 3.53. The van der Waals surface area contributed by atoms with Crippen molar-refractivity contribution >= 4 is 23.5 Å². The minimum atomic E-state index is -0.618. The van der Waals surface area contributed by atoms with Gasteiger partial charge in [0.25, 0.3) is 5.91 Å². The maximum absolute atomic E-state index is 12.1. The summed E-state index contributed by atoms with van der Waals surface area (Å²) in [5.74, 6) is -1.72. The van der Waals surface area contributed by atoms with Crippen LogP contribution < -0.4 is 5.32 Å². The predicted octanol–water partition coefficient (Wildman–Crippen LogP) is 2.81. The summed E-state index contributed by atoms with van der Waals surface area (Å²) < 4.78 is 15.0. The highest BCUT2D eigenvalue weighted by atomic mass is 16.5. The van der Waals surface area contributed by atoms with E-state index in [0.29, 0.717) is 17.9 Å². The van der Waals surface area contributed by atoms with Gasteiger partial charge in [-0.05, 0) is 36.8 Å². The molecule has 2 aromatic carbocycles. The lowest BCUT2D eigenvalue weighted by Gasteiger charge is -2.10. The lowest BCUT2D eigenvalue weighted by Crippen LogP contribution is -2.22. The maximum Gasteiger partial charge on any atom is 0.340 e. The Labute approximate surface area is 157 Å². The number of para-hydroxylation sites is 1. The van der Waals surface area contributed by atoms with Crippen LogP contribution in [0.2, 0.25) is 0 Å². The summed E-state index contributed by atoms with van der Waals surface area (Å²) in [6.45, 7) is 1.88. The van der Waals surface area contributed by atoms with Crippen LogP contribution in [0.5, 0.6) is 0 Å². The minimum absolute atomic E-state index is 0.224. The van der Waals surface area contributed by atoms with Gasteiger partial charge < -0.3 is 19.5 Å². The number of hydrogen-bond donors (Lipinski definition) is 1. The second-order valence-electron chi connectivity index (χ2n) is 5.52. The Morgan fingerprint density at radius 1 is 0.926 bits per heavy atom. The van der Waals surface area contributed by atoms with E-state index in [0.717, 1.165) is 5.56 Å². The van der Waals surface area contributed by atoms with Crippen LogP contribution in [0.4, 0.5) is 5.69 Å². The minimum Gasteiger partial charge on any atom is -0.462 e. The summed E-state index contributed by atoms with van der Waals surface area (Å²) in [5.41, 5.74) is 1.77. The molecular formula is C20H21NO6. The van der Waals surface area contributed by atoms with Gasteiger partial charge in [-0.25, -0.2) is 9.59 Å². The molecule has 0 bridgehead atoms. The van der Waals surface area contributed by atoms with Crippen molar-refractivity contribution in [3.63, 3.8) is 0 Å². The van der Waals surface area contributed by atoms with Crippen LogP contribution in [0.15, 0.2) is 48.5 Å². The fourth-order valence-electron chi connectivity index (χ4n) is 2.28. The van der Waals surface area contributed by atoms with Gasteiger partial charge in [0.2, 0.25) is 0 Å². The zero-order valence-electron chi connectivity index (χ0n) is 15.2. The summed E-state index contributed by atoms with van der Waals surface area (Å²) in [7, 11) is 1.58. The van der Waals surface area contributed by atoms with Gasteiger partial charge in [-0.1, -0.05) is 24.3 Å². The second kappa shape index (κ2) is 10.1. The summed E-state index contributed by atoms with van der Waals surface area (Å²) in [6, 6.07) is 13.1. The first-order chi connectivity index (χ1) is 13.0. The molecule has 142 valence electrons. The highest BCUT2D eigenvalue weighted by Crippen LogP contribution is 2.16. The number of methoxy groups -OCH3 is 1. The molecule has 0 saturated heterocycles. The summed E-state index contributed by atoms with van der Waals surface area (Å²) in [5, 5.41) is 2.55.